The molecule has 0 aromatic carbocycles. The average Bonchev–Trinajstić information content (AvgIpc) is 2.98. The van der Waals surface area contributed by atoms with Crippen LogP contribution in [0.3, 0.4) is 0 Å². The molecule has 0 aliphatic carbocycles. The van der Waals surface area contributed by atoms with Crippen LogP contribution in [0.25, 0.3) is 0 Å². The van der Waals surface area contributed by atoms with E-state index in [1.54, 1.807) is 0 Å². The number of piperidine rings is 4. The molecular formula is C34H62N4O4. The summed E-state index contributed by atoms with van der Waals surface area (Å²) in [5.74, 6) is 0.938. The number of hydrogen-bond donors (Lipinski definition) is 0. The highest BCUT2D eigenvalue weighted by Gasteiger charge is 2.53. The first kappa shape index (κ1) is 33.7. The van der Waals surface area contributed by atoms with Gasteiger partial charge in [0, 0.05) is 32.6 Å². The van der Waals surface area contributed by atoms with Gasteiger partial charge in [-0.05, 0) is 130 Å². The molecule has 4 aliphatic heterocycles. The van der Waals surface area contributed by atoms with Crippen LogP contribution in [0.15, 0.2) is 0 Å². The number of esters is 2. The molecule has 42 heavy (non-hydrogen) atoms. The van der Waals surface area contributed by atoms with Crippen LogP contribution < -0.4 is 0 Å². The molecule has 0 radical (unpaired) electrons. The molecule has 0 spiro atoms. The lowest BCUT2D eigenvalue weighted by atomic mass is 9.58. The SMILES string of the molecule is CN1CCC(OC(=O)CCCCCCCC(C(=O)OC2CCN(C)CC2)(C2CCN(C)CC2)C2CCN(C)CC2)CC1. The average molecular weight is 591 g/mol. The molecule has 242 valence electrons. The number of ether oxygens (including phenoxy) is 2. The smallest absolute Gasteiger partial charge is 0.312 e. The second-order valence-electron chi connectivity index (χ2n) is 14.4. The van der Waals surface area contributed by atoms with Crippen LogP contribution >= 0.6 is 0 Å². The lowest BCUT2D eigenvalue weighted by Gasteiger charge is -2.50. The van der Waals surface area contributed by atoms with Gasteiger partial charge in [-0.25, -0.2) is 0 Å². The Morgan fingerprint density at radius 2 is 0.929 bits per heavy atom. The van der Waals surface area contributed by atoms with Crippen LogP contribution in [0.1, 0.15) is 96.3 Å². The van der Waals surface area contributed by atoms with Crippen LogP contribution in [-0.2, 0) is 19.1 Å². The maximum Gasteiger partial charge on any atom is 0.312 e. The second kappa shape index (κ2) is 16.7. The number of nitrogens with zero attached hydrogens (tertiary/aromatic N) is 4. The van der Waals surface area contributed by atoms with E-state index in [2.05, 4.69) is 47.8 Å². The van der Waals surface area contributed by atoms with E-state index >= 15 is 0 Å². The molecule has 4 rings (SSSR count). The number of likely N-dealkylation sites (tertiary alicyclic amines) is 4. The summed E-state index contributed by atoms with van der Waals surface area (Å²) in [7, 11) is 8.72. The Balaban J connectivity index is 1.32. The van der Waals surface area contributed by atoms with E-state index < -0.39 is 0 Å². The monoisotopic (exact) mass is 590 g/mol. The van der Waals surface area contributed by atoms with Gasteiger partial charge in [-0.15, -0.1) is 0 Å². The van der Waals surface area contributed by atoms with Gasteiger partial charge in [0.1, 0.15) is 12.2 Å². The Bertz CT molecular complexity index is 786. The minimum Gasteiger partial charge on any atom is -0.462 e. The van der Waals surface area contributed by atoms with E-state index in [0.29, 0.717) is 18.3 Å². The van der Waals surface area contributed by atoms with Gasteiger partial charge in [0.15, 0.2) is 0 Å². The van der Waals surface area contributed by atoms with Crippen LogP contribution in [0, 0.1) is 17.3 Å². The van der Waals surface area contributed by atoms with Gasteiger partial charge >= 0.3 is 11.9 Å². The van der Waals surface area contributed by atoms with Gasteiger partial charge in [-0.2, -0.15) is 0 Å². The largest absolute Gasteiger partial charge is 0.462 e. The van der Waals surface area contributed by atoms with Crippen molar-refractivity contribution in [1.82, 2.24) is 19.6 Å². The van der Waals surface area contributed by atoms with Crippen LogP contribution in [-0.4, -0.2) is 124 Å². The Morgan fingerprint density at radius 3 is 1.40 bits per heavy atom. The minimum atomic E-state index is -0.357. The van der Waals surface area contributed by atoms with Crippen LogP contribution in [0.5, 0.6) is 0 Å². The first-order valence-electron chi connectivity index (χ1n) is 17.4. The maximum absolute atomic E-state index is 14.5. The Kier molecular flexibility index (Phi) is 13.4. The van der Waals surface area contributed by atoms with E-state index in [9.17, 15) is 9.59 Å². The van der Waals surface area contributed by atoms with Crippen molar-refractivity contribution in [3.8, 4) is 0 Å². The normalized spacial score (nSPS) is 24.2. The summed E-state index contributed by atoms with van der Waals surface area (Å²) in [6.45, 7) is 8.36. The van der Waals surface area contributed by atoms with Crippen molar-refractivity contribution in [2.24, 2.45) is 17.3 Å². The predicted octanol–water partition coefficient (Wildman–Crippen LogP) is 4.66. The first-order chi connectivity index (χ1) is 20.3. The third-order valence-electron chi connectivity index (χ3n) is 11.1. The molecule has 0 aromatic rings. The minimum absolute atomic E-state index is 0.0234. The fourth-order valence-corrected chi connectivity index (χ4v) is 8.15. The highest BCUT2D eigenvalue weighted by molar-refractivity contribution is 5.78. The molecule has 8 nitrogen and oxygen atoms in total. The summed E-state index contributed by atoms with van der Waals surface area (Å²) in [5.41, 5.74) is -0.357. The molecule has 8 heteroatoms. The molecule has 0 unspecified atom stereocenters. The molecule has 0 atom stereocenters. The summed E-state index contributed by atoms with van der Waals surface area (Å²) >= 11 is 0. The van der Waals surface area contributed by atoms with Crippen molar-refractivity contribution in [3.05, 3.63) is 0 Å². The van der Waals surface area contributed by atoms with E-state index in [0.717, 1.165) is 142 Å². The maximum atomic E-state index is 14.5. The van der Waals surface area contributed by atoms with E-state index in [4.69, 9.17) is 9.47 Å². The quantitative estimate of drug-likeness (QED) is 0.227. The summed E-state index contributed by atoms with van der Waals surface area (Å²) in [5, 5.41) is 0. The summed E-state index contributed by atoms with van der Waals surface area (Å²) in [4.78, 5) is 36.4. The van der Waals surface area contributed by atoms with Crippen LogP contribution in [0.2, 0.25) is 0 Å². The molecule has 4 fully saturated rings. The van der Waals surface area contributed by atoms with Gasteiger partial charge in [-0.1, -0.05) is 25.7 Å². The molecule has 0 amide bonds. The molecule has 4 aliphatic rings. The van der Waals surface area contributed by atoms with Gasteiger partial charge < -0.3 is 29.1 Å². The fourth-order valence-electron chi connectivity index (χ4n) is 8.15. The highest BCUT2D eigenvalue weighted by Crippen LogP contribution is 2.50. The van der Waals surface area contributed by atoms with Crippen molar-refractivity contribution in [1.29, 1.82) is 0 Å². The van der Waals surface area contributed by atoms with Crippen molar-refractivity contribution < 1.29 is 19.1 Å². The van der Waals surface area contributed by atoms with Crippen molar-refractivity contribution in [2.45, 2.75) is 109 Å². The molecule has 0 saturated carbocycles. The molecule has 4 heterocycles. The lowest BCUT2D eigenvalue weighted by Crippen LogP contribution is -2.53. The van der Waals surface area contributed by atoms with Gasteiger partial charge in [0.05, 0.1) is 5.41 Å². The summed E-state index contributed by atoms with van der Waals surface area (Å²) in [6.07, 6.45) is 15.2. The van der Waals surface area contributed by atoms with E-state index in [-0.39, 0.29) is 29.6 Å². The fraction of sp³-hybridized carbons (Fsp3) is 0.941. The standard InChI is InChI=1S/C34H62N4O4/c1-35-20-11-28(12-21-35)34(29-13-22-36(2)23-14-29,33(40)42-31-17-26-38(4)27-18-31)19-9-7-5-6-8-10-32(39)41-30-15-24-37(3)25-16-30/h28-31H,5-27H2,1-4H3. The van der Waals surface area contributed by atoms with E-state index in [1.807, 2.05) is 0 Å². The number of carbonyl (C=O) groups excluding carboxylic acids is 2. The molecule has 4 saturated heterocycles. The van der Waals surface area contributed by atoms with Crippen molar-refractivity contribution in [2.75, 3.05) is 80.5 Å². The number of carbonyl (C=O) groups is 2. The third kappa shape index (κ3) is 9.64. The van der Waals surface area contributed by atoms with Crippen molar-refractivity contribution in [3.63, 3.8) is 0 Å². The van der Waals surface area contributed by atoms with Crippen molar-refractivity contribution >= 4 is 11.9 Å². The highest BCUT2D eigenvalue weighted by atomic mass is 16.5. The summed E-state index contributed by atoms with van der Waals surface area (Å²) in [6, 6.07) is 0. The zero-order valence-corrected chi connectivity index (χ0v) is 27.5. The third-order valence-corrected chi connectivity index (χ3v) is 11.1. The number of hydrogen-bond acceptors (Lipinski definition) is 8. The Labute approximate surface area is 256 Å². The topological polar surface area (TPSA) is 65.6 Å². The molecule has 0 N–H and O–H groups in total. The number of rotatable bonds is 13. The van der Waals surface area contributed by atoms with Gasteiger partial charge in [-0.3, -0.25) is 9.59 Å². The van der Waals surface area contributed by atoms with Gasteiger partial charge in [0.25, 0.3) is 0 Å². The molecule has 0 bridgehead atoms. The first-order valence-corrected chi connectivity index (χ1v) is 17.4. The van der Waals surface area contributed by atoms with Crippen LogP contribution in [0.4, 0.5) is 0 Å². The predicted molar refractivity (Wildman–Crippen MR) is 168 cm³/mol. The zero-order chi connectivity index (χ0) is 30.0. The Morgan fingerprint density at radius 1 is 0.548 bits per heavy atom. The Hall–Kier alpha value is -1.22. The molecular weight excluding hydrogens is 528 g/mol. The second-order valence-corrected chi connectivity index (χ2v) is 14.4. The number of unbranched alkanes of at least 4 members (excludes halogenated alkanes) is 4. The molecule has 0 aromatic heterocycles. The zero-order valence-electron chi connectivity index (χ0n) is 27.5. The lowest BCUT2D eigenvalue weighted by molar-refractivity contribution is -0.177. The van der Waals surface area contributed by atoms with E-state index in [1.165, 1.54) is 0 Å². The summed E-state index contributed by atoms with van der Waals surface area (Å²) < 4.78 is 12.2. The van der Waals surface area contributed by atoms with Gasteiger partial charge in [0.2, 0.25) is 0 Å².